The molecule has 0 amide bonds. The highest BCUT2D eigenvalue weighted by Gasteiger charge is 2.65. The minimum atomic E-state index is -3.62. The number of hydrogen-bond acceptors (Lipinski definition) is 3. The Bertz CT molecular complexity index is 703. The fraction of sp³-hybridized carbons (Fsp3) is 0.600. The molecule has 0 radical (unpaired) electrons. The number of benzene rings is 1. The molecule has 3 saturated carbocycles. The van der Waals surface area contributed by atoms with E-state index in [1.165, 1.54) is 31.4 Å². The third kappa shape index (κ3) is 1.92. The molecule has 6 heteroatoms. The maximum absolute atomic E-state index is 13.4. The molecule has 4 unspecified atom stereocenters. The minimum absolute atomic E-state index is 0.0759. The van der Waals surface area contributed by atoms with Crippen LogP contribution in [0.4, 0.5) is 10.1 Å². The molecule has 1 aromatic carbocycles. The molecule has 1 aromatic rings. The minimum Gasteiger partial charge on any atom is -0.396 e. The normalized spacial score (nSPS) is 36.8. The summed E-state index contributed by atoms with van der Waals surface area (Å²) in [6.07, 6.45) is 3.76. The van der Waals surface area contributed by atoms with Gasteiger partial charge in [-0.05, 0) is 67.6 Å². The van der Waals surface area contributed by atoms with Gasteiger partial charge in [-0.2, -0.15) is 0 Å². The molecule has 3 N–H and O–H groups in total. The molecule has 114 valence electrons. The number of fused-ring (bicyclic) bond motifs is 5. The van der Waals surface area contributed by atoms with Crippen LogP contribution >= 0.6 is 0 Å². The molecule has 3 aliphatic rings. The van der Waals surface area contributed by atoms with Crippen molar-refractivity contribution in [2.24, 2.45) is 23.7 Å². The molecule has 21 heavy (non-hydrogen) atoms. The van der Waals surface area contributed by atoms with Crippen LogP contribution in [-0.4, -0.2) is 14.5 Å². The zero-order valence-electron chi connectivity index (χ0n) is 11.8. The van der Waals surface area contributed by atoms with Crippen molar-refractivity contribution in [1.29, 1.82) is 0 Å². The van der Waals surface area contributed by atoms with Gasteiger partial charge in [-0.1, -0.05) is 0 Å². The van der Waals surface area contributed by atoms with Crippen molar-refractivity contribution in [2.75, 3.05) is 5.73 Å². The largest absolute Gasteiger partial charge is 0.396 e. The molecule has 0 aromatic heterocycles. The average molecular weight is 310 g/mol. The van der Waals surface area contributed by atoms with E-state index in [0.717, 1.165) is 0 Å². The Labute approximate surface area is 124 Å². The van der Waals surface area contributed by atoms with Crippen LogP contribution in [0.2, 0.25) is 0 Å². The number of halogens is 1. The number of rotatable bonds is 3. The maximum atomic E-state index is 13.4. The van der Waals surface area contributed by atoms with Gasteiger partial charge in [0.25, 0.3) is 0 Å². The summed E-state index contributed by atoms with van der Waals surface area (Å²) >= 11 is 0. The third-order valence-corrected chi connectivity index (χ3v) is 7.21. The van der Waals surface area contributed by atoms with Crippen molar-refractivity contribution in [3.63, 3.8) is 0 Å². The van der Waals surface area contributed by atoms with Gasteiger partial charge in [0.05, 0.1) is 10.6 Å². The summed E-state index contributed by atoms with van der Waals surface area (Å²) in [5.74, 6) is 1.88. The van der Waals surface area contributed by atoms with Gasteiger partial charge in [0.2, 0.25) is 10.0 Å². The zero-order chi connectivity index (χ0) is 14.9. The Balaban J connectivity index is 1.59. The Hall–Kier alpha value is -1.14. The Morgan fingerprint density at radius 2 is 1.86 bits per heavy atom. The van der Waals surface area contributed by atoms with Gasteiger partial charge in [0.1, 0.15) is 5.82 Å². The summed E-state index contributed by atoms with van der Waals surface area (Å²) in [7, 11) is -3.62. The summed E-state index contributed by atoms with van der Waals surface area (Å²) < 4.78 is 41.3. The van der Waals surface area contributed by atoms with E-state index in [-0.39, 0.29) is 16.6 Å². The van der Waals surface area contributed by atoms with Crippen LogP contribution in [0.25, 0.3) is 0 Å². The average Bonchev–Trinajstić information content (AvgIpc) is 2.82. The van der Waals surface area contributed by atoms with Crippen molar-refractivity contribution in [3.05, 3.63) is 23.5 Å². The molecule has 4 rings (SSSR count). The monoisotopic (exact) mass is 310 g/mol. The van der Waals surface area contributed by atoms with E-state index in [4.69, 9.17) is 5.73 Å². The van der Waals surface area contributed by atoms with Crippen molar-refractivity contribution in [1.82, 2.24) is 4.72 Å². The van der Waals surface area contributed by atoms with Crippen LogP contribution in [0.15, 0.2) is 17.0 Å². The van der Waals surface area contributed by atoms with Crippen LogP contribution in [-0.2, 0) is 10.0 Å². The molecule has 4 nitrogen and oxygen atoms in total. The SMILES string of the molecule is Cc1cc(F)c(N)cc1S(=O)(=O)NC1C2C3CCC(C3)C12. The molecule has 3 fully saturated rings. The number of anilines is 1. The second kappa shape index (κ2) is 4.20. The number of aryl methyl sites for hydroxylation is 1. The lowest BCUT2D eigenvalue weighted by Gasteiger charge is -2.13. The summed E-state index contributed by atoms with van der Waals surface area (Å²) in [4.78, 5) is 0.0960. The second-order valence-corrected chi connectivity index (χ2v) is 8.46. The molecule has 2 bridgehead atoms. The fourth-order valence-electron chi connectivity index (χ4n) is 4.68. The predicted octanol–water partition coefficient (Wildman–Crippen LogP) is 2.04. The standard InChI is InChI=1S/C15H19FN2O2S/c1-7-4-10(16)11(17)6-12(7)21(19,20)18-15-13-8-2-3-9(5-8)14(13)15/h4,6,8-9,13-15,18H,2-3,5,17H2,1H3. The van der Waals surface area contributed by atoms with Crippen molar-refractivity contribution in [2.45, 2.75) is 37.1 Å². The molecule has 0 spiro atoms. The Kier molecular flexibility index (Phi) is 2.70. The molecule has 0 aliphatic heterocycles. The molecule has 0 saturated heterocycles. The van der Waals surface area contributed by atoms with Gasteiger partial charge in [0.15, 0.2) is 0 Å². The molecule has 4 atom stereocenters. The first-order chi connectivity index (χ1) is 9.88. The highest BCUT2D eigenvalue weighted by molar-refractivity contribution is 7.89. The highest BCUT2D eigenvalue weighted by Crippen LogP contribution is 2.65. The van der Waals surface area contributed by atoms with E-state index in [2.05, 4.69) is 4.72 Å². The summed E-state index contributed by atoms with van der Waals surface area (Å²) in [6.45, 7) is 1.59. The maximum Gasteiger partial charge on any atom is 0.241 e. The van der Waals surface area contributed by atoms with Crippen LogP contribution < -0.4 is 10.5 Å². The first-order valence-electron chi connectivity index (χ1n) is 7.46. The van der Waals surface area contributed by atoms with E-state index in [9.17, 15) is 12.8 Å². The topological polar surface area (TPSA) is 72.2 Å². The van der Waals surface area contributed by atoms with Gasteiger partial charge < -0.3 is 5.73 Å². The second-order valence-electron chi connectivity index (χ2n) is 6.77. The van der Waals surface area contributed by atoms with Gasteiger partial charge in [-0.15, -0.1) is 0 Å². The van der Waals surface area contributed by atoms with Crippen molar-refractivity contribution in [3.8, 4) is 0 Å². The molecular formula is C15H19FN2O2S. The third-order valence-electron chi connectivity index (χ3n) is 5.61. The zero-order valence-corrected chi connectivity index (χ0v) is 12.7. The lowest BCUT2D eigenvalue weighted by Crippen LogP contribution is -2.30. The van der Waals surface area contributed by atoms with Crippen LogP contribution in [0.1, 0.15) is 24.8 Å². The summed E-state index contributed by atoms with van der Waals surface area (Å²) in [5, 5.41) is 0. The van der Waals surface area contributed by atoms with E-state index in [1.54, 1.807) is 6.92 Å². The fourth-order valence-corrected chi connectivity index (χ4v) is 6.25. The summed E-state index contributed by atoms with van der Waals surface area (Å²) in [6, 6.07) is 2.48. The van der Waals surface area contributed by atoms with Gasteiger partial charge in [-0.25, -0.2) is 17.5 Å². The van der Waals surface area contributed by atoms with Crippen LogP contribution in [0, 0.1) is 36.4 Å². The lowest BCUT2D eigenvalue weighted by atomic mass is 10.0. The molecule has 3 aliphatic carbocycles. The first-order valence-corrected chi connectivity index (χ1v) is 8.95. The van der Waals surface area contributed by atoms with E-state index in [0.29, 0.717) is 29.2 Å². The number of nitrogens with one attached hydrogen (secondary N) is 1. The Morgan fingerprint density at radius 1 is 1.24 bits per heavy atom. The number of nitrogens with two attached hydrogens (primary N) is 1. The van der Waals surface area contributed by atoms with Crippen LogP contribution in [0.3, 0.4) is 0 Å². The quantitative estimate of drug-likeness (QED) is 0.839. The number of sulfonamides is 1. The van der Waals surface area contributed by atoms with Gasteiger partial charge in [0, 0.05) is 6.04 Å². The highest BCUT2D eigenvalue weighted by atomic mass is 32.2. The van der Waals surface area contributed by atoms with Crippen molar-refractivity contribution < 1.29 is 12.8 Å². The smallest absolute Gasteiger partial charge is 0.241 e. The first kappa shape index (κ1) is 13.5. The van der Waals surface area contributed by atoms with E-state index < -0.39 is 15.8 Å². The Morgan fingerprint density at radius 3 is 2.48 bits per heavy atom. The number of nitrogen functional groups attached to an aromatic ring is 1. The van der Waals surface area contributed by atoms with Gasteiger partial charge in [-0.3, -0.25) is 0 Å². The van der Waals surface area contributed by atoms with Crippen LogP contribution in [0.5, 0.6) is 0 Å². The van der Waals surface area contributed by atoms with Gasteiger partial charge >= 0.3 is 0 Å². The lowest BCUT2D eigenvalue weighted by molar-refractivity contribution is 0.456. The molecule has 0 heterocycles. The number of hydrogen-bond donors (Lipinski definition) is 2. The van der Waals surface area contributed by atoms with E-state index in [1.807, 2.05) is 0 Å². The molecular weight excluding hydrogens is 291 g/mol. The van der Waals surface area contributed by atoms with Crippen molar-refractivity contribution >= 4 is 15.7 Å². The summed E-state index contributed by atoms with van der Waals surface area (Å²) in [5.41, 5.74) is 5.78. The predicted molar refractivity (Wildman–Crippen MR) is 77.5 cm³/mol. The van der Waals surface area contributed by atoms with E-state index >= 15 is 0 Å².